The molecule has 28 valence electrons. The molecule has 0 radical (unpaired) electrons. The molecule has 0 aromatic heterocycles. The Morgan fingerprint density at radius 3 is 2.60 bits per heavy atom. The molecular weight excluding hydrogens is 66.8 g/mol. The van der Waals surface area contributed by atoms with Gasteiger partial charge in [0.15, 0.2) is 0 Å². The minimum absolute atomic E-state index is 1.56. The molecule has 0 bridgehead atoms. The molecule has 3 heteroatoms. The van der Waals surface area contributed by atoms with Crippen LogP contribution in [-0.2, 0) is 9.31 Å². The first-order valence-electron chi connectivity index (χ1n) is 3.71. The van der Waals surface area contributed by atoms with Gasteiger partial charge in [0, 0.05) is 0 Å². The molecule has 0 spiro atoms. The van der Waals surface area contributed by atoms with Gasteiger partial charge in [-0.25, -0.2) is 0 Å². The molecule has 1 fully saturated rings. The molecule has 1 aliphatic heterocycles. The van der Waals surface area contributed by atoms with Crippen molar-refractivity contribution in [1.82, 2.24) is 0 Å². The number of rotatable bonds is 0. The first-order chi connectivity index (χ1) is 4.35. The van der Waals surface area contributed by atoms with Gasteiger partial charge in [0.1, 0.15) is 0 Å². The second-order valence-corrected chi connectivity index (χ2v) is 0.536. The highest BCUT2D eigenvalue weighted by Crippen LogP contribution is 1.82. The maximum atomic E-state index is 6.84. The lowest BCUT2D eigenvalue weighted by molar-refractivity contribution is 0.365. The third-order valence-corrected chi connectivity index (χ3v) is 0.256. The van der Waals surface area contributed by atoms with Crippen LogP contribution in [0.25, 0.3) is 0 Å². The lowest BCUT2D eigenvalue weighted by atomic mass is 10.4. The van der Waals surface area contributed by atoms with Crippen LogP contribution in [0.2, 0.25) is 0 Å². The maximum absolute atomic E-state index is 6.84. The quantitative estimate of drug-likeness (QED) is 0.356. The number of hydrogen-bond donors (Lipinski definition) is 0. The van der Waals surface area contributed by atoms with Crippen LogP contribution >= 0.6 is 0 Å². The Morgan fingerprint density at radius 2 is 2.40 bits per heavy atom. The Balaban J connectivity index is 2.78. The van der Waals surface area contributed by atoms with Crippen molar-refractivity contribution < 1.29 is 14.8 Å². The van der Waals surface area contributed by atoms with Gasteiger partial charge in [-0.3, -0.25) is 0 Å². The molecule has 0 aromatic rings. The van der Waals surface area contributed by atoms with Crippen molar-refractivity contribution in [3.63, 3.8) is 0 Å². The van der Waals surface area contributed by atoms with Crippen molar-refractivity contribution in [3.05, 3.63) is 0 Å². The van der Waals surface area contributed by atoms with Crippen molar-refractivity contribution in [3.8, 4) is 0 Å². The van der Waals surface area contributed by atoms with E-state index >= 15 is 0 Å². The van der Waals surface area contributed by atoms with E-state index in [9.17, 15) is 0 Å². The summed E-state index contributed by atoms with van der Waals surface area (Å²) in [6, 6.07) is 0. The third kappa shape index (κ3) is 0.632. The fourth-order valence-corrected chi connectivity index (χ4v) is 0.120. The molecule has 0 amide bonds. The lowest BCUT2D eigenvalue weighted by Crippen LogP contribution is -1.83. The zero-order valence-corrected chi connectivity index (χ0v) is 2.39. The summed E-state index contributed by atoms with van der Waals surface area (Å²) >= 11 is 0. The predicted molar refractivity (Wildman–Crippen MR) is 19.1 cm³/mol. The van der Waals surface area contributed by atoms with Gasteiger partial charge in [0.2, 0.25) is 0 Å². The molecule has 0 aliphatic carbocycles. The predicted octanol–water partition coefficient (Wildman–Crippen LogP) is -0.700. The van der Waals surface area contributed by atoms with Crippen LogP contribution in [0, 0.1) is 0 Å². The summed E-state index contributed by atoms with van der Waals surface area (Å²) < 4.78 is 42.4. The molecule has 1 heterocycles. The third-order valence-electron chi connectivity index (χ3n) is 0.256. The van der Waals surface area contributed by atoms with Crippen LogP contribution in [0.5, 0.6) is 0 Å². The zero-order chi connectivity index (χ0) is 7.99. The minimum Gasteiger partial charge on any atom is -0.412 e. The van der Waals surface area contributed by atoms with Crippen molar-refractivity contribution >= 4 is 7.65 Å². The fraction of sp³-hybridized carbons (Fsp3) is 1.00. The van der Waals surface area contributed by atoms with E-state index in [0.717, 1.165) is 0 Å². The summed E-state index contributed by atoms with van der Waals surface area (Å²) in [6.45, 7) is -5.03. The molecule has 5 heavy (non-hydrogen) atoms. The van der Waals surface area contributed by atoms with Crippen molar-refractivity contribution in [2.24, 2.45) is 0 Å². The van der Waals surface area contributed by atoms with Crippen LogP contribution in [0.3, 0.4) is 0 Å². The van der Waals surface area contributed by atoms with Crippen LogP contribution in [-0.4, -0.2) is 22.1 Å². The molecule has 0 unspecified atom stereocenters. The van der Waals surface area contributed by atoms with Gasteiger partial charge in [-0.05, 0) is 0 Å². The van der Waals surface area contributed by atoms with Crippen molar-refractivity contribution in [2.75, 3.05) is 13.1 Å². The van der Waals surface area contributed by atoms with E-state index in [1.165, 1.54) is 0 Å². The monoisotopic (exact) mass is 77.1 g/mol. The SMILES string of the molecule is [2H]B1OC([2H])([2H])C([2H])([2H])O1. The van der Waals surface area contributed by atoms with Gasteiger partial charge in [-0.2, -0.15) is 0 Å². The van der Waals surface area contributed by atoms with Gasteiger partial charge in [0.25, 0.3) is 0 Å². The summed E-state index contributed by atoms with van der Waals surface area (Å²) in [4.78, 5) is 0. The standard InChI is InChI=1S/C2H5BO2/c1-2-5-3-4-1/h3H,1-2H2/i1D2,2D2,3D. The summed E-state index contributed by atoms with van der Waals surface area (Å²) in [5, 5.41) is 0. The van der Waals surface area contributed by atoms with Crippen molar-refractivity contribution in [2.45, 2.75) is 0 Å². The average molecular weight is 76.9 g/mol. The Labute approximate surface area is 38.4 Å². The van der Waals surface area contributed by atoms with E-state index in [0.29, 0.717) is 0 Å². The molecule has 0 saturated carbocycles. The molecule has 1 saturated heterocycles. The first kappa shape index (κ1) is 0.794. The summed E-state index contributed by atoms with van der Waals surface area (Å²) in [7, 11) is -1.56. The largest absolute Gasteiger partial charge is 0.438 e. The minimum atomic E-state index is -2.51. The Hall–Kier alpha value is -0.0151. The highest BCUT2D eigenvalue weighted by Gasteiger charge is 1.98. The molecule has 0 atom stereocenters. The Bertz CT molecular complexity index is 133. The molecule has 0 N–H and O–H groups in total. The van der Waals surface area contributed by atoms with Crippen LogP contribution < -0.4 is 0 Å². The second-order valence-electron chi connectivity index (χ2n) is 0.536. The fourth-order valence-electron chi connectivity index (χ4n) is 0.120. The van der Waals surface area contributed by atoms with Gasteiger partial charge in [0.05, 0.1) is 19.9 Å². The average Bonchev–Trinajstić information content (AvgIpc) is 1.73. The van der Waals surface area contributed by atoms with E-state index < -0.39 is 20.8 Å². The molecular formula is C2H5BO2. The maximum Gasteiger partial charge on any atom is 0.438 e. The first-order valence-corrected chi connectivity index (χ1v) is 1.13. The summed E-state index contributed by atoms with van der Waals surface area (Å²) in [6.07, 6.45) is 0. The van der Waals surface area contributed by atoms with Crippen LogP contribution in [0.15, 0.2) is 0 Å². The molecule has 1 rings (SSSR count). The van der Waals surface area contributed by atoms with Gasteiger partial charge >= 0.3 is 7.65 Å². The van der Waals surface area contributed by atoms with Crippen LogP contribution in [0.4, 0.5) is 0 Å². The van der Waals surface area contributed by atoms with E-state index in [2.05, 4.69) is 9.31 Å². The summed E-state index contributed by atoms with van der Waals surface area (Å²) in [5.74, 6) is 0. The molecule has 2 nitrogen and oxygen atoms in total. The van der Waals surface area contributed by atoms with E-state index in [1.807, 2.05) is 0 Å². The smallest absolute Gasteiger partial charge is 0.412 e. The Morgan fingerprint density at radius 1 is 1.80 bits per heavy atom. The van der Waals surface area contributed by atoms with E-state index in [4.69, 9.17) is 6.82 Å². The van der Waals surface area contributed by atoms with Crippen molar-refractivity contribution in [1.29, 1.82) is 1.34 Å². The van der Waals surface area contributed by atoms with Gasteiger partial charge in [-0.15, -0.1) is 0 Å². The summed E-state index contributed by atoms with van der Waals surface area (Å²) in [5.41, 5.74) is 0. The Kier molecular flexibility index (Phi) is 0.227. The van der Waals surface area contributed by atoms with E-state index in [1.54, 1.807) is 0 Å². The topological polar surface area (TPSA) is 18.5 Å². The van der Waals surface area contributed by atoms with Gasteiger partial charge in [-0.1, -0.05) is 0 Å². The van der Waals surface area contributed by atoms with Gasteiger partial charge < -0.3 is 9.31 Å². The lowest BCUT2D eigenvalue weighted by Gasteiger charge is -1.71. The van der Waals surface area contributed by atoms with Crippen LogP contribution in [0.1, 0.15) is 5.48 Å². The highest BCUT2D eigenvalue weighted by atomic mass is 16.6. The molecule has 0 aromatic carbocycles. The second kappa shape index (κ2) is 1.43. The van der Waals surface area contributed by atoms with E-state index in [-0.39, 0.29) is 0 Å². The highest BCUT2D eigenvalue weighted by molar-refractivity contribution is 6.18. The zero-order valence-electron chi connectivity index (χ0n) is 7.39. The normalized spacial score (nSPS) is 59.2. The molecule has 1 aliphatic rings. The number of hydrogen-bond acceptors (Lipinski definition) is 2.